The molecule has 6 heteroatoms. The number of hydrogen-bond donors (Lipinski definition) is 0. The van der Waals surface area contributed by atoms with Crippen molar-refractivity contribution in [3.63, 3.8) is 0 Å². The average molecular weight is 814 g/mol. The van der Waals surface area contributed by atoms with Crippen LogP contribution in [0.4, 0.5) is 0 Å². The molecule has 3 aliphatic carbocycles. The van der Waals surface area contributed by atoms with Crippen LogP contribution in [0.1, 0.15) is 73.6 Å². The summed E-state index contributed by atoms with van der Waals surface area (Å²) in [7, 11) is 0. The summed E-state index contributed by atoms with van der Waals surface area (Å²) in [6, 6.07) is 12.4. The minimum absolute atomic E-state index is 0.103. The molecule has 184 valence electrons. The van der Waals surface area contributed by atoms with Crippen LogP contribution in [0.5, 0.6) is 0 Å². The number of carbonyl (C=O) groups excluding carboxylic acids is 2. The molecule has 0 heterocycles. The second kappa shape index (κ2) is 14.2. The van der Waals surface area contributed by atoms with Gasteiger partial charge in [0.25, 0.3) is 0 Å². The van der Waals surface area contributed by atoms with Crippen LogP contribution in [0.25, 0.3) is 0 Å². The zero-order chi connectivity index (χ0) is 24.6. The lowest BCUT2D eigenvalue weighted by Crippen LogP contribution is -2.34. The Kier molecular flexibility index (Phi) is 12.0. The molecule has 2 aromatic rings. The van der Waals surface area contributed by atoms with Crippen LogP contribution in [0, 0.1) is 0 Å². The quantitative estimate of drug-likeness (QED) is 0.176. The van der Waals surface area contributed by atoms with E-state index in [1.165, 1.54) is 69.6 Å². The Bertz CT molecular complexity index is 996. The van der Waals surface area contributed by atoms with E-state index in [-0.39, 0.29) is 5.41 Å². The summed E-state index contributed by atoms with van der Waals surface area (Å²) in [5.41, 5.74) is 4.85. The number of benzene rings is 2. The molecule has 2 aromatic carbocycles. The second-order valence-corrected chi connectivity index (χ2v) is 13.3. The largest absolute Gasteiger partial charge is 0.299 e. The van der Waals surface area contributed by atoms with Crippen LogP contribution < -0.4 is 0 Å². The highest BCUT2D eigenvalue weighted by molar-refractivity contribution is 14.1. The first kappa shape index (κ1) is 28.8. The minimum atomic E-state index is -0.103. The lowest BCUT2D eigenvalue weighted by molar-refractivity contribution is -0.124. The van der Waals surface area contributed by atoms with Crippen molar-refractivity contribution in [1.82, 2.24) is 0 Å². The molecule has 1 saturated carbocycles. The van der Waals surface area contributed by atoms with Crippen molar-refractivity contribution < 1.29 is 9.59 Å². The van der Waals surface area contributed by atoms with E-state index in [1.807, 2.05) is 18.2 Å². The van der Waals surface area contributed by atoms with Crippen molar-refractivity contribution in [2.75, 3.05) is 8.86 Å². The van der Waals surface area contributed by atoms with Gasteiger partial charge in [-0.1, -0.05) is 115 Å². The summed E-state index contributed by atoms with van der Waals surface area (Å²) < 4.78 is 4.81. The van der Waals surface area contributed by atoms with E-state index >= 15 is 0 Å². The number of ketones is 2. The van der Waals surface area contributed by atoms with Crippen molar-refractivity contribution in [1.29, 1.82) is 0 Å². The van der Waals surface area contributed by atoms with Crippen LogP contribution in [0.15, 0.2) is 45.3 Å². The summed E-state index contributed by atoms with van der Waals surface area (Å²) in [5.74, 6) is 0.790. The monoisotopic (exact) mass is 812 g/mol. The molecule has 5 rings (SSSR count). The number of Topliss-reactive ketones (excluding diaryl/α,β-unsaturated/α-hetero) is 2. The predicted molar refractivity (Wildman–Crippen MR) is 166 cm³/mol. The third-order valence-corrected chi connectivity index (χ3v) is 9.40. The van der Waals surface area contributed by atoms with Crippen LogP contribution >= 0.6 is 77.0 Å². The maximum Gasteiger partial charge on any atom is 0.147 e. The third-order valence-electron chi connectivity index (χ3n) is 6.89. The Labute approximate surface area is 248 Å². The standard InChI is InChI=1S/C14H15BrO.C9H7BrO.C5H10I2/c15-11-4-5-12-10(8-11)9-13(16)14(12)6-2-1-3-7-14;10-8-2-1-6-4-9(11)5-7(6)3-8;6-4-2-1-3-5-7/h4-5,8H,1-3,6-7,9H2;1-3H,4-5H2;1-5H2. The van der Waals surface area contributed by atoms with E-state index in [0.29, 0.717) is 30.8 Å². The fourth-order valence-electron chi connectivity index (χ4n) is 5.16. The van der Waals surface area contributed by atoms with Gasteiger partial charge in [0.15, 0.2) is 0 Å². The molecule has 0 N–H and O–H groups in total. The van der Waals surface area contributed by atoms with Crippen LogP contribution in [0.3, 0.4) is 0 Å². The van der Waals surface area contributed by atoms with Gasteiger partial charge in [0.1, 0.15) is 11.6 Å². The first-order chi connectivity index (χ1) is 16.4. The number of carbonyl (C=O) groups is 2. The Morgan fingerprint density at radius 3 is 1.94 bits per heavy atom. The maximum absolute atomic E-state index is 12.3. The number of fused-ring (bicyclic) bond motifs is 3. The van der Waals surface area contributed by atoms with Gasteiger partial charge in [-0.05, 0) is 81.1 Å². The van der Waals surface area contributed by atoms with Gasteiger partial charge in [0, 0.05) is 28.2 Å². The number of halogens is 4. The molecule has 34 heavy (non-hydrogen) atoms. The number of hydrogen-bond acceptors (Lipinski definition) is 2. The summed E-state index contributed by atoms with van der Waals surface area (Å²) in [4.78, 5) is 23.3. The number of alkyl halides is 2. The molecular formula is C28H32Br2I2O2. The van der Waals surface area contributed by atoms with E-state index in [9.17, 15) is 9.59 Å². The van der Waals surface area contributed by atoms with Crippen molar-refractivity contribution in [2.24, 2.45) is 0 Å². The molecule has 0 unspecified atom stereocenters. The first-order valence-corrected chi connectivity index (χ1v) is 16.8. The lowest BCUT2D eigenvalue weighted by Gasteiger charge is -2.32. The van der Waals surface area contributed by atoms with Gasteiger partial charge in [-0.25, -0.2) is 0 Å². The van der Waals surface area contributed by atoms with E-state index in [4.69, 9.17) is 0 Å². The van der Waals surface area contributed by atoms with Crippen molar-refractivity contribution >= 4 is 88.6 Å². The fraction of sp³-hybridized carbons (Fsp3) is 0.500. The molecule has 0 amide bonds. The Balaban J connectivity index is 0.000000157. The van der Waals surface area contributed by atoms with E-state index in [0.717, 1.165) is 21.8 Å². The Morgan fingerprint density at radius 1 is 0.706 bits per heavy atom. The molecule has 1 fully saturated rings. The van der Waals surface area contributed by atoms with Crippen molar-refractivity contribution in [3.8, 4) is 0 Å². The van der Waals surface area contributed by atoms with Gasteiger partial charge in [0.05, 0.1) is 5.41 Å². The number of rotatable bonds is 4. The Morgan fingerprint density at radius 2 is 1.29 bits per heavy atom. The SMILES string of the molecule is ICCCCCI.O=C1Cc2cc(Br)ccc2C12CCCCC2.O=C1Cc2ccc(Br)cc2C1. The average Bonchev–Trinajstić information content (AvgIpc) is 3.31. The summed E-state index contributed by atoms with van der Waals surface area (Å²) in [6.45, 7) is 0. The summed E-state index contributed by atoms with van der Waals surface area (Å²) >= 11 is 11.7. The summed E-state index contributed by atoms with van der Waals surface area (Å²) in [5, 5.41) is 0. The van der Waals surface area contributed by atoms with Gasteiger partial charge >= 0.3 is 0 Å². The van der Waals surface area contributed by atoms with Gasteiger partial charge in [-0.15, -0.1) is 0 Å². The highest BCUT2D eigenvalue weighted by Gasteiger charge is 2.46. The minimum Gasteiger partial charge on any atom is -0.299 e. The molecule has 0 atom stereocenters. The fourth-order valence-corrected chi connectivity index (χ4v) is 7.05. The smallest absolute Gasteiger partial charge is 0.147 e. The van der Waals surface area contributed by atoms with Crippen LogP contribution in [-0.2, 0) is 34.3 Å². The van der Waals surface area contributed by atoms with Crippen LogP contribution in [-0.4, -0.2) is 20.4 Å². The maximum atomic E-state index is 12.3. The van der Waals surface area contributed by atoms with Gasteiger partial charge in [-0.3, -0.25) is 9.59 Å². The molecule has 0 aliphatic heterocycles. The molecule has 1 spiro atoms. The lowest BCUT2D eigenvalue weighted by atomic mass is 9.70. The molecule has 0 bridgehead atoms. The Hall–Kier alpha value is 0.200. The summed E-state index contributed by atoms with van der Waals surface area (Å²) in [6.07, 6.45) is 12.0. The molecule has 3 aliphatic rings. The van der Waals surface area contributed by atoms with E-state index in [1.54, 1.807) is 0 Å². The topological polar surface area (TPSA) is 34.1 Å². The molecule has 0 radical (unpaired) electrons. The first-order valence-electron chi connectivity index (χ1n) is 12.1. The highest BCUT2D eigenvalue weighted by Crippen LogP contribution is 2.47. The van der Waals surface area contributed by atoms with Gasteiger partial charge in [0.2, 0.25) is 0 Å². The van der Waals surface area contributed by atoms with Gasteiger partial charge in [-0.2, -0.15) is 0 Å². The molecule has 2 nitrogen and oxygen atoms in total. The second-order valence-electron chi connectivity index (χ2n) is 9.29. The van der Waals surface area contributed by atoms with E-state index in [2.05, 4.69) is 95.2 Å². The number of unbranched alkanes of at least 4 members (excludes halogenated alkanes) is 2. The predicted octanol–water partition coefficient (Wildman–Crippen LogP) is 8.92. The van der Waals surface area contributed by atoms with E-state index < -0.39 is 0 Å². The molecule has 0 saturated heterocycles. The normalized spacial score (nSPS) is 17.4. The van der Waals surface area contributed by atoms with Crippen molar-refractivity contribution in [3.05, 3.63) is 67.6 Å². The molecule has 0 aromatic heterocycles. The zero-order valence-corrected chi connectivity index (χ0v) is 27.0. The van der Waals surface area contributed by atoms with Crippen molar-refractivity contribution in [2.45, 2.75) is 76.0 Å². The highest BCUT2D eigenvalue weighted by atomic mass is 127. The third kappa shape index (κ3) is 7.60. The van der Waals surface area contributed by atoms with Gasteiger partial charge < -0.3 is 0 Å². The molecular weight excluding hydrogens is 782 g/mol. The van der Waals surface area contributed by atoms with Crippen LogP contribution in [0.2, 0.25) is 0 Å². The zero-order valence-electron chi connectivity index (χ0n) is 19.5.